The minimum absolute atomic E-state index is 0.318. The van der Waals surface area contributed by atoms with Gasteiger partial charge in [0.1, 0.15) is 0 Å². The van der Waals surface area contributed by atoms with Crippen molar-refractivity contribution in [3.05, 3.63) is 23.8 Å². The zero-order valence-electron chi connectivity index (χ0n) is 8.44. The van der Waals surface area contributed by atoms with Gasteiger partial charge in [0, 0.05) is 0 Å². The summed E-state index contributed by atoms with van der Waals surface area (Å²) in [5, 5.41) is 0. The highest BCUT2D eigenvalue weighted by Gasteiger charge is 2.10. The molecular formula is C11H20. The van der Waals surface area contributed by atoms with Crippen molar-refractivity contribution in [2.45, 2.75) is 41.0 Å². The van der Waals surface area contributed by atoms with Crippen molar-refractivity contribution in [2.75, 3.05) is 0 Å². The van der Waals surface area contributed by atoms with Crippen molar-refractivity contribution in [1.29, 1.82) is 0 Å². The minimum Gasteiger partial charge on any atom is -0.0848 e. The summed E-state index contributed by atoms with van der Waals surface area (Å²) in [7, 11) is 0. The maximum atomic E-state index is 2.23. The summed E-state index contributed by atoms with van der Waals surface area (Å²) in [6, 6.07) is 0. The molecule has 0 saturated heterocycles. The van der Waals surface area contributed by atoms with Crippen LogP contribution in [0.4, 0.5) is 0 Å². The topological polar surface area (TPSA) is 0 Å². The molecule has 0 rings (SSSR count). The van der Waals surface area contributed by atoms with E-state index in [0.29, 0.717) is 5.41 Å². The maximum Gasteiger partial charge on any atom is -0.0173 e. The average molecular weight is 152 g/mol. The van der Waals surface area contributed by atoms with Crippen molar-refractivity contribution < 1.29 is 0 Å². The molecule has 0 radical (unpaired) electrons. The van der Waals surface area contributed by atoms with Crippen LogP contribution in [0.15, 0.2) is 23.8 Å². The van der Waals surface area contributed by atoms with Crippen molar-refractivity contribution in [3.8, 4) is 0 Å². The Labute approximate surface area is 71.0 Å². The molecule has 0 aromatic carbocycles. The highest BCUT2D eigenvalue weighted by atomic mass is 14.2. The first-order valence-corrected chi connectivity index (χ1v) is 4.32. The fourth-order valence-corrected chi connectivity index (χ4v) is 0.598. The highest BCUT2D eigenvalue weighted by molar-refractivity contribution is 5.15. The van der Waals surface area contributed by atoms with E-state index in [2.05, 4.69) is 52.8 Å². The van der Waals surface area contributed by atoms with Crippen LogP contribution in [0.2, 0.25) is 0 Å². The summed E-state index contributed by atoms with van der Waals surface area (Å²) in [5.41, 5.74) is 1.75. The predicted octanol–water partition coefficient (Wildman–Crippen LogP) is 3.95. The summed E-state index contributed by atoms with van der Waals surface area (Å²) >= 11 is 0. The van der Waals surface area contributed by atoms with Gasteiger partial charge in [-0.3, -0.25) is 0 Å². The second-order valence-electron chi connectivity index (χ2n) is 3.94. The van der Waals surface area contributed by atoms with E-state index in [0.717, 1.165) is 6.42 Å². The largest absolute Gasteiger partial charge is 0.0848 e. The summed E-state index contributed by atoms with van der Waals surface area (Å²) in [4.78, 5) is 0. The number of rotatable bonds is 2. The maximum absolute atomic E-state index is 2.23. The Hall–Kier alpha value is -0.520. The lowest BCUT2D eigenvalue weighted by Crippen LogP contribution is -2.05. The molecule has 0 aliphatic heterocycles. The van der Waals surface area contributed by atoms with Crippen LogP contribution in [0.25, 0.3) is 0 Å². The van der Waals surface area contributed by atoms with Gasteiger partial charge in [0.15, 0.2) is 0 Å². The number of hydrogen-bond acceptors (Lipinski definition) is 0. The smallest absolute Gasteiger partial charge is 0.0173 e. The second-order valence-corrected chi connectivity index (χ2v) is 3.94. The van der Waals surface area contributed by atoms with Crippen LogP contribution >= 0.6 is 0 Å². The van der Waals surface area contributed by atoms with Gasteiger partial charge in [0.05, 0.1) is 0 Å². The third-order valence-electron chi connectivity index (χ3n) is 1.90. The van der Waals surface area contributed by atoms with E-state index in [4.69, 9.17) is 0 Å². The van der Waals surface area contributed by atoms with Gasteiger partial charge in [0.25, 0.3) is 0 Å². The van der Waals surface area contributed by atoms with Gasteiger partial charge in [-0.05, 0) is 18.8 Å². The molecule has 0 aliphatic carbocycles. The van der Waals surface area contributed by atoms with Gasteiger partial charge >= 0.3 is 0 Å². The van der Waals surface area contributed by atoms with E-state index in [1.54, 1.807) is 0 Å². The van der Waals surface area contributed by atoms with Crippen molar-refractivity contribution in [2.24, 2.45) is 5.41 Å². The number of hydrogen-bond donors (Lipinski definition) is 0. The Kier molecular flexibility index (Phi) is 4.17. The molecule has 0 atom stereocenters. The van der Waals surface area contributed by atoms with E-state index in [1.165, 1.54) is 5.57 Å². The van der Waals surface area contributed by atoms with Crippen LogP contribution in [0.1, 0.15) is 41.0 Å². The lowest BCUT2D eigenvalue weighted by molar-refractivity contribution is 0.504. The number of allylic oxidation sites excluding steroid dienone is 4. The lowest BCUT2D eigenvalue weighted by atomic mass is 9.87. The van der Waals surface area contributed by atoms with Crippen molar-refractivity contribution in [1.82, 2.24) is 0 Å². The highest BCUT2D eigenvalue weighted by Crippen LogP contribution is 2.23. The Morgan fingerprint density at radius 2 is 1.82 bits per heavy atom. The normalized spacial score (nSPS) is 14.5. The second kappa shape index (κ2) is 4.38. The molecular weight excluding hydrogens is 132 g/mol. The Morgan fingerprint density at radius 3 is 2.18 bits per heavy atom. The van der Waals surface area contributed by atoms with Gasteiger partial charge in [-0.1, -0.05) is 51.5 Å². The molecule has 0 aromatic heterocycles. The zero-order chi connectivity index (χ0) is 8.91. The molecule has 0 aliphatic rings. The van der Waals surface area contributed by atoms with Crippen LogP contribution < -0.4 is 0 Å². The summed E-state index contributed by atoms with van der Waals surface area (Å²) in [6.45, 7) is 11.0. The fourth-order valence-electron chi connectivity index (χ4n) is 0.598. The zero-order valence-corrected chi connectivity index (χ0v) is 8.44. The first-order valence-electron chi connectivity index (χ1n) is 4.32. The van der Waals surface area contributed by atoms with E-state index in [-0.39, 0.29) is 0 Å². The van der Waals surface area contributed by atoms with Gasteiger partial charge < -0.3 is 0 Å². The molecule has 0 spiro atoms. The first-order chi connectivity index (χ1) is 4.98. The van der Waals surface area contributed by atoms with E-state index in [1.807, 2.05) is 0 Å². The van der Waals surface area contributed by atoms with Gasteiger partial charge in [-0.15, -0.1) is 0 Å². The average Bonchev–Trinajstić information content (AvgIpc) is 1.86. The molecule has 64 valence electrons. The van der Waals surface area contributed by atoms with Gasteiger partial charge in [-0.2, -0.15) is 0 Å². The molecule has 0 fully saturated rings. The monoisotopic (exact) mass is 152 g/mol. The van der Waals surface area contributed by atoms with Crippen LogP contribution in [0.3, 0.4) is 0 Å². The van der Waals surface area contributed by atoms with Crippen LogP contribution in [-0.4, -0.2) is 0 Å². The molecule has 0 unspecified atom stereocenters. The molecule has 0 bridgehead atoms. The minimum atomic E-state index is 0.318. The summed E-state index contributed by atoms with van der Waals surface area (Å²) in [6.07, 6.45) is 7.63. The first kappa shape index (κ1) is 10.5. The predicted molar refractivity (Wildman–Crippen MR) is 52.6 cm³/mol. The van der Waals surface area contributed by atoms with E-state index in [9.17, 15) is 0 Å². The lowest BCUT2D eigenvalue weighted by Gasteiger charge is -2.18. The van der Waals surface area contributed by atoms with Crippen molar-refractivity contribution in [3.63, 3.8) is 0 Å². The van der Waals surface area contributed by atoms with E-state index >= 15 is 0 Å². The van der Waals surface area contributed by atoms with E-state index < -0.39 is 0 Å². The van der Waals surface area contributed by atoms with Crippen LogP contribution in [0, 0.1) is 5.41 Å². The van der Waals surface area contributed by atoms with Gasteiger partial charge in [0.2, 0.25) is 0 Å². The standard InChI is InChI=1S/C11H20/c1-6-7-8-9-10(2)11(3,4)5/h7-9H,6H2,1-5H3/b8-7?,10-9+. The van der Waals surface area contributed by atoms with Gasteiger partial charge in [-0.25, -0.2) is 0 Å². The van der Waals surface area contributed by atoms with Crippen molar-refractivity contribution >= 4 is 0 Å². The molecule has 0 N–H and O–H groups in total. The third-order valence-corrected chi connectivity index (χ3v) is 1.90. The van der Waals surface area contributed by atoms with Crippen LogP contribution in [0.5, 0.6) is 0 Å². The molecule has 0 heteroatoms. The Balaban J connectivity index is 4.12. The van der Waals surface area contributed by atoms with Crippen LogP contribution in [-0.2, 0) is 0 Å². The molecule has 0 amide bonds. The third kappa shape index (κ3) is 4.83. The quantitative estimate of drug-likeness (QED) is 0.526. The molecule has 0 aromatic rings. The molecule has 11 heavy (non-hydrogen) atoms. The molecule has 0 heterocycles. The molecule has 0 saturated carbocycles. The fraction of sp³-hybridized carbons (Fsp3) is 0.636. The molecule has 0 nitrogen and oxygen atoms in total. The Morgan fingerprint density at radius 1 is 1.27 bits per heavy atom. The summed E-state index contributed by atoms with van der Waals surface area (Å²) < 4.78 is 0. The summed E-state index contributed by atoms with van der Waals surface area (Å²) in [5.74, 6) is 0. The Bertz CT molecular complexity index is 153. The SMILES string of the molecule is CCC=C/C=C(\C)C(C)(C)C.